The second kappa shape index (κ2) is 4.66. The number of benzene rings is 1. The third-order valence-electron chi connectivity index (χ3n) is 4.15. The van der Waals surface area contributed by atoms with Crippen LogP contribution in [0.4, 0.5) is 0 Å². The van der Waals surface area contributed by atoms with E-state index in [0.717, 1.165) is 11.9 Å². The lowest BCUT2D eigenvalue weighted by Crippen LogP contribution is -2.41. The summed E-state index contributed by atoms with van der Waals surface area (Å²) in [4.78, 5) is 0. The van der Waals surface area contributed by atoms with Crippen LogP contribution in [0.5, 0.6) is 0 Å². The lowest BCUT2D eigenvalue weighted by atomic mass is 9.75. The first kappa shape index (κ1) is 14.1. The van der Waals surface area contributed by atoms with Gasteiger partial charge in [0.05, 0.1) is 22.8 Å². The largest absolute Gasteiger partial charge is 0.496 e. The molecule has 1 aliphatic rings. The van der Waals surface area contributed by atoms with Crippen molar-refractivity contribution in [3.05, 3.63) is 29.3 Å². The van der Waals surface area contributed by atoms with E-state index in [1.807, 2.05) is 45.9 Å². The van der Waals surface area contributed by atoms with Crippen LogP contribution >= 0.6 is 0 Å². The molecular weight excluding hydrogens is 237 g/mol. The maximum atomic E-state index is 9.24. The summed E-state index contributed by atoms with van der Waals surface area (Å²) in [5, 5.41) is 9.24. The van der Waals surface area contributed by atoms with Gasteiger partial charge in [0.2, 0.25) is 0 Å². The van der Waals surface area contributed by atoms with Gasteiger partial charge in [-0.15, -0.1) is 0 Å². The molecule has 0 aromatic heterocycles. The van der Waals surface area contributed by atoms with Gasteiger partial charge in [-0.05, 0) is 45.7 Å². The van der Waals surface area contributed by atoms with Gasteiger partial charge in [-0.2, -0.15) is 5.26 Å². The maximum Gasteiger partial charge on any atom is 0.496 e. The van der Waals surface area contributed by atoms with Gasteiger partial charge in [0.15, 0.2) is 0 Å². The number of aryl methyl sites for hydroxylation is 1. The molecule has 0 saturated carbocycles. The highest BCUT2D eigenvalue weighted by Gasteiger charge is 2.52. The summed E-state index contributed by atoms with van der Waals surface area (Å²) in [5.41, 5.74) is 1.87. The molecule has 1 heterocycles. The maximum absolute atomic E-state index is 9.24. The van der Waals surface area contributed by atoms with Crippen molar-refractivity contribution >= 4 is 12.6 Å². The summed E-state index contributed by atoms with van der Waals surface area (Å²) in [6, 6.07) is 8.06. The molecule has 4 heteroatoms. The molecule has 1 aromatic rings. The minimum Gasteiger partial charge on any atom is -0.399 e. The van der Waals surface area contributed by atoms with Crippen molar-refractivity contribution in [1.29, 1.82) is 5.26 Å². The zero-order valence-electron chi connectivity index (χ0n) is 12.3. The Balaban J connectivity index is 2.41. The predicted molar refractivity (Wildman–Crippen MR) is 76.3 cm³/mol. The molecule has 0 bridgehead atoms. The minimum atomic E-state index is -0.467. The fourth-order valence-corrected chi connectivity index (χ4v) is 2.10. The average Bonchev–Trinajstić information content (AvgIpc) is 2.57. The quantitative estimate of drug-likeness (QED) is 0.764. The second-order valence-corrected chi connectivity index (χ2v) is 5.98. The number of hydrogen-bond acceptors (Lipinski definition) is 3. The highest BCUT2D eigenvalue weighted by atomic mass is 16.7. The molecule has 0 amide bonds. The predicted octanol–water partition coefficient (Wildman–Crippen LogP) is 2.42. The lowest BCUT2D eigenvalue weighted by molar-refractivity contribution is 0.00578. The SMILES string of the molecule is CCc1ccc(C#N)c(B2OC(C)(C)C(C)(C)O2)c1. The van der Waals surface area contributed by atoms with E-state index in [0.29, 0.717) is 5.56 Å². The van der Waals surface area contributed by atoms with Crippen molar-refractivity contribution in [2.24, 2.45) is 0 Å². The molecule has 1 aromatic carbocycles. The normalized spacial score (nSPS) is 20.3. The number of nitrogens with zero attached hydrogens (tertiary/aromatic N) is 1. The van der Waals surface area contributed by atoms with E-state index < -0.39 is 7.12 Å². The highest BCUT2D eigenvalue weighted by molar-refractivity contribution is 6.62. The summed E-state index contributed by atoms with van der Waals surface area (Å²) in [5.74, 6) is 0. The Morgan fingerprint density at radius 3 is 2.21 bits per heavy atom. The topological polar surface area (TPSA) is 42.2 Å². The average molecular weight is 257 g/mol. The van der Waals surface area contributed by atoms with Crippen LogP contribution in [0.15, 0.2) is 18.2 Å². The fourth-order valence-electron chi connectivity index (χ4n) is 2.10. The van der Waals surface area contributed by atoms with Crippen molar-refractivity contribution in [2.75, 3.05) is 0 Å². The van der Waals surface area contributed by atoms with Gasteiger partial charge in [-0.3, -0.25) is 0 Å². The summed E-state index contributed by atoms with van der Waals surface area (Å²) in [7, 11) is -0.467. The first-order chi connectivity index (χ1) is 8.80. The molecule has 1 aliphatic heterocycles. The van der Waals surface area contributed by atoms with Crippen LogP contribution in [0.1, 0.15) is 45.7 Å². The molecule has 0 aliphatic carbocycles. The molecule has 100 valence electrons. The van der Waals surface area contributed by atoms with E-state index >= 15 is 0 Å². The van der Waals surface area contributed by atoms with Crippen molar-refractivity contribution < 1.29 is 9.31 Å². The minimum absolute atomic E-state index is 0.382. The lowest BCUT2D eigenvalue weighted by Gasteiger charge is -2.32. The zero-order chi connectivity index (χ0) is 14.3. The summed E-state index contributed by atoms with van der Waals surface area (Å²) >= 11 is 0. The molecule has 1 fully saturated rings. The highest BCUT2D eigenvalue weighted by Crippen LogP contribution is 2.36. The summed E-state index contributed by atoms with van der Waals surface area (Å²) in [6.07, 6.45) is 0.929. The Hall–Kier alpha value is -1.31. The third-order valence-corrected chi connectivity index (χ3v) is 4.15. The number of nitriles is 1. The first-order valence-electron chi connectivity index (χ1n) is 6.69. The number of hydrogen-bond donors (Lipinski definition) is 0. The second-order valence-electron chi connectivity index (χ2n) is 5.98. The smallest absolute Gasteiger partial charge is 0.399 e. The van der Waals surface area contributed by atoms with Crippen LogP contribution in [0, 0.1) is 11.3 Å². The Labute approximate surface area is 115 Å². The molecule has 0 atom stereocenters. The van der Waals surface area contributed by atoms with E-state index in [-0.39, 0.29) is 11.2 Å². The van der Waals surface area contributed by atoms with Gasteiger partial charge in [0, 0.05) is 5.46 Å². The Morgan fingerprint density at radius 1 is 1.16 bits per heavy atom. The van der Waals surface area contributed by atoms with Gasteiger partial charge in [0.1, 0.15) is 0 Å². The Morgan fingerprint density at radius 2 is 1.74 bits per heavy atom. The Bertz CT molecular complexity index is 515. The van der Waals surface area contributed by atoms with E-state index in [9.17, 15) is 5.26 Å². The Kier molecular flexibility index (Phi) is 3.46. The molecular formula is C15H20BNO2. The summed E-state index contributed by atoms with van der Waals surface area (Å²) in [6.45, 7) is 10.2. The van der Waals surface area contributed by atoms with Crippen LogP contribution in [-0.4, -0.2) is 18.3 Å². The molecule has 0 N–H and O–H groups in total. The van der Waals surface area contributed by atoms with E-state index in [1.54, 1.807) is 0 Å². The molecule has 1 saturated heterocycles. The van der Waals surface area contributed by atoms with Gasteiger partial charge in [0.25, 0.3) is 0 Å². The van der Waals surface area contributed by atoms with Crippen molar-refractivity contribution in [2.45, 2.75) is 52.2 Å². The monoisotopic (exact) mass is 257 g/mol. The van der Waals surface area contributed by atoms with Crippen molar-refractivity contribution in [3.8, 4) is 6.07 Å². The van der Waals surface area contributed by atoms with E-state index in [4.69, 9.17) is 9.31 Å². The standard InChI is InChI=1S/C15H20BNO2/c1-6-11-7-8-12(10-17)13(9-11)16-18-14(2,3)15(4,5)19-16/h7-9H,6H2,1-5H3. The first-order valence-corrected chi connectivity index (χ1v) is 6.69. The van der Waals surface area contributed by atoms with E-state index in [1.165, 1.54) is 5.56 Å². The van der Waals surface area contributed by atoms with Gasteiger partial charge < -0.3 is 9.31 Å². The van der Waals surface area contributed by atoms with Gasteiger partial charge >= 0.3 is 7.12 Å². The van der Waals surface area contributed by atoms with Gasteiger partial charge in [-0.1, -0.05) is 19.1 Å². The van der Waals surface area contributed by atoms with Crippen LogP contribution in [0.3, 0.4) is 0 Å². The van der Waals surface area contributed by atoms with Gasteiger partial charge in [-0.25, -0.2) is 0 Å². The summed E-state index contributed by atoms with van der Waals surface area (Å²) < 4.78 is 12.0. The molecule has 0 radical (unpaired) electrons. The van der Waals surface area contributed by atoms with E-state index in [2.05, 4.69) is 13.0 Å². The zero-order valence-corrected chi connectivity index (χ0v) is 12.3. The van der Waals surface area contributed by atoms with Crippen molar-refractivity contribution in [1.82, 2.24) is 0 Å². The van der Waals surface area contributed by atoms with Crippen LogP contribution in [0.25, 0.3) is 0 Å². The van der Waals surface area contributed by atoms with Crippen LogP contribution in [-0.2, 0) is 15.7 Å². The molecule has 2 rings (SSSR count). The molecule has 0 unspecified atom stereocenters. The van der Waals surface area contributed by atoms with Crippen LogP contribution < -0.4 is 5.46 Å². The van der Waals surface area contributed by atoms with Crippen LogP contribution in [0.2, 0.25) is 0 Å². The molecule has 3 nitrogen and oxygen atoms in total. The van der Waals surface area contributed by atoms with Crippen molar-refractivity contribution in [3.63, 3.8) is 0 Å². The molecule has 19 heavy (non-hydrogen) atoms. The third kappa shape index (κ3) is 2.41. The molecule has 0 spiro atoms. The fraction of sp³-hybridized carbons (Fsp3) is 0.533. The number of rotatable bonds is 2.